The summed E-state index contributed by atoms with van der Waals surface area (Å²) in [5.74, 6) is 2.80. The number of fused-ring (bicyclic) bond motifs is 2. The molecule has 0 bridgehead atoms. The number of hydrogen-bond donors (Lipinski definition) is 0. The lowest BCUT2D eigenvalue weighted by Crippen LogP contribution is -2.37. The largest absolute Gasteiger partial charge is 0.493 e. The second-order valence-corrected chi connectivity index (χ2v) is 10.1. The van der Waals surface area contributed by atoms with Gasteiger partial charge in [0, 0.05) is 50.3 Å². The topological polar surface area (TPSA) is 52.9 Å². The van der Waals surface area contributed by atoms with Crippen LogP contribution in [0.4, 0.5) is 0 Å². The van der Waals surface area contributed by atoms with E-state index in [9.17, 15) is 4.79 Å². The van der Waals surface area contributed by atoms with Crippen molar-refractivity contribution in [3.05, 3.63) is 86.3 Å². The van der Waals surface area contributed by atoms with Crippen LogP contribution in [-0.2, 0) is 32.5 Å². The van der Waals surface area contributed by atoms with E-state index in [0.29, 0.717) is 23.8 Å². The first kappa shape index (κ1) is 22.2. The third-order valence-electron chi connectivity index (χ3n) is 7.53. The smallest absolute Gasteiger partial charge is 0.254 e. The van der Waals surface area contributed by atoms with Gasteiger partial charge in [0.15, 0.2) is 11.5 Å². The Kier molecular flexibility index (Phi) is 5.77. The predicted octanol–water partition coefficient (Wildman–Crippen LogP) is 4.45. The number of rotatable bonds is 7. The molecule has 0 spiro atoms. The molecule has 6 rings (SSSR count). The first-order valence-electron chi connectivity index (χ1n) is 12.6. The molecule has 3 aromatic rings. The van der Waals surface area contributed by atoms with E-state index in [1.165, 1.54) is 35.2 Å². The van der Waals surface area contributed by atoms with Crippen LogP contribution in [0.2, 0.25) is 0 Å². The molecule has 1 saturated carbocycles. The normalized spacial score (nSPS) is 16.9. The first-order chi connectivity index (χ1) is 17.1. The van der Waals surface area contributed by atoms with E-state index < -0.39 is 0 Å². The van der Waals surface area contributed by atoms with Crippen LogP contribution in [-0.4, -0.2) is 29.9 Å². The maximum absolute atomic E-state index is 13.6. The molecular formula is C29H32N2O4. The van der Waals surface area contributed by atoms with Gasteiger partial charge in [0.25, 0.3) is 5.56 Å². The molecule has 6 heteroatoms. The monoisotopic (exact) mass is 472 g/mol. The zero-order valence-electron chi connectivity index (χ0n) is 20.5. The molecule has 1 aromatic heterocycles. The van der Waals surface area contributed by atoms with Gasteiger partial charge >= 0.3 is 0 Å². The number of hydrogen-bond acceptors (Lipinski definition) is 5. The number of methoxy groups -OCH3 is 1. The van der Waals surface area contributed by atoms with Crippen molar-refractivity contribution in [2.24, 2.45) is 5.92 Å². The van der Waals surface area contributed by atoms with Gasteiger partial charge in [-0.3, -0.25) is 9.69 Å². The standard InChI is InChI=1S/C29H32N2O4/c1-19-5-3-4-6-22(19)13-23-14-24-17-30(10-9-25(24)31(29(23)32)16-20-7-8-20)15-21-11-26(33-2)28-27(12-21)34-18-35-28/h3-6,11-12,14,20H,7-10,13,15-18H2,1-2H3. The summed E-state index contributed by atoms with van der Waals surface area (Å²) in [7, 11) is 1.66. The molecule has 35 heavy (non-hydrogen) atoms. The minimum atomic E-state index is 0.202. The Labute approximate surface area is 206 Å². The van der Waals surface area contributed by atoms with Crippen LogP contribution >= 0.6 is 0 Å². The second-order valence-electron chi connectivity index (χ2n) is 10.1. The van der Waals surface area contributed by atoms with Gasteiger partial charge in [0.1, 0.15) is 0 Å². The molecule has 0 atom stereocenters. The van der Waals surface area contributed by atoms with E-state index in [1.54, 1.807) is 7.11 Å². The first-order valence-corrected chi connectivity index (χ1v) is 12.6. The number of benzene rings is 2. The molecule has 1 fully saturated rings. The van der Waals surface area contributed by atoms with Crippen LogP contribution in [0, 0.1) is 12.8 Å². The van der Waals surface area contributed by atoms with Crippen LogP contribution in [0.15, 0.2) is 47.3 Å². The molecule has 3 aliphatic rings. The molecule has 0 radical (unpaired) electrons. The van der Waals surface area contributed by atoms with E-state index in [1.807, 2.05) is 6.07 Å². The van der Waals surface area contributed by atoms with Crippen molar-refractivity contribution in [3.63, 3.8) is 0 Å². The summed E-state index contributed by atoms with van der Waals surface area (Å²) in [5, 5.41) is 0. The fraction of sp³-hybridized carbons (Fsp3) is 0.414. The van der Waals surface area contributed by atoms with Gasteiger partial charge in [-0.1, -0.05) is 24.3 Å². The van der Waals surface area contributed by atoms with Gasteiger partial charge < -0.3 is 18.8 Å². The Bertz CT molecular complexity index is 1320. The van der Waals surface area contributed by atoms with Crippen LogP contribution in [0.1, 0.15) is 46.4 Å². The highest BCUT2D eigenvalue weighted by Crippen LogP contribution is 2.42. The van der Waals surface area contributed by atoms with Gasteiger partial charge in [0.2, 0.25) is 12.5 Å². The lowest BCUT2D eigenvalue weighted by molar-refractivity contribution is 0.171. The van der Waals surface area contributed by atoms with Crippen molar-refractivity contribution >= 4 is 0 Å². The van der Waals surface area contributed by atoms with Crippen LogP contribution < -0.4 is 19.8 Å². The summed E-state index contributed by atoms with van der Waals surface area (Å²) >= 11 is 0. The summed E-state index contributed by atoms with van der Waals surface area (Å²) in [5.41, 5.74) is 7.22. The molecule has 1 aliphatic carbocycles. The van der Waals surface area contributed by atoms with E-state index in [-0.39, 0.29) is 12.4 Å². The number of aryl methyl sites for hydroxylation is 1. The van der Waals surface area contributed by atoms with Crippen LogP contribution in [0.3, 0.4) is 0 Å². The molecule has 2 aromatic carbocycles. The highest BCUT2D eigenvalue weighted by atomic mass is 16.7. The highest BCUT2D eigenvalue weighted by molar-refractivity contribution is 5.55. The fourth-order valence-corrected chi connectivity index (χ4v) is 5.40. The Morgan fingerprint density at radius 3 is 2.74 bits per heavy atom. The van der Waals surface area contributed by atoms with Gasteiger partial charge in [-0.2, -0.15) is 0 Å². The van der Waals surface area contributed by atoms with E-state index >= 15 is 0 Å². The highest BCUT2D eigenvalue weighted by Gasteiger charge is 2.28. The molecule has 0 saturated heterocycles. The third kappa shape index (κ3) is 4.43. The molecule has 182 valence electrons. The summed E-state index contributed by atoms with van der Waals surface area (Å²) in [6.07, 6.45) is 4.05. The number of aromatic nitrogens is 1. The zero-order chi connectivity index (χ0) is 23.9. The average Bonchev–Trinajstić information content (AvgIpc) is 3.56. The summed E-state index contributed by atoms with van der Waals surface area (Å²) in [4.78, 5) is 16.0. The molecule has 3 heterocycles. The van der Waals surface area contributed by atoms with E-state index in [0.717, 1.165) is 49.5 Å². The number of pyridine rings is 1. The SMILES string of the molecule is COc1cc(CN2CCc3c(cc(Cc4ccccc4C)c(=O)n3CC3CC3)C2)cc2c1OCO2. The molecule has 6 nitrogen and oxygen atoms in total. The number of nitrogens with zero attached hydrogens (tertiary/aromatic N) is 2. The minimum absolute atomic E-state index is 0.202. The summed E-state index contributed by atoms with van der Waals surface area (Å²) in [6.45, 7) is 5.76. The van der Waals surface area contributed by atoms with Crippen molar-refractivity contribution in [2.45, 2.75) is 52.2 Å². The molecule has 2 aliphatic heterocycles. The van der Waals surface area contributed by atoms with Crippen molar-refractivity contribution in [1.82, 2.24) is 9.47 Å². The summed E-state index contributed by atoms with van der Waals surface area (Å²) in [6, 6.07) is 14.7. The molecule has 0 unspecified atom stereocenters. The van der Waals surface area contributed by atoms with Crippen LogP contribution in [0.25, 0.3) is 0 Å². The molecule has 0 N–H and O–H groups in total. The lowest BCUT2D eigenvalue weighted by Gasteiger charge is -2.31. The Morgan fingerprint density at radius 1 is 1.09 bits per heavy atom. The maximum atomic E-state index is 13.6. The second kappa shape index (κ2) is 9.08. The Morgan fingerprint density at radius 2 is 1.94 bits per heavy atom. The van der Waals surface area contributed by atoms with Gasteiger partial charge in [-0.25, -0.2) is 0 Å². The van der Waals surface area contributed by atoms with Gasteiger partial charge in [-0.05, 0) is 66.1 Å². The van der Waals surface area contributed by atoms with Crippen molar-refractivity contribution < 1.29 is 14.2 Å². The van der Waals surface area contributed by atoms with Crippen molar-refractivity contribution in [2.75, 3.05) is 20.4 Å². The summed E-state index contributed by atoms with van der Waals surface area (Å²) < 4.78 is 18.8. The predicted molar refractivity (Wildman–Crippen MR) is 134 cm³/mol. The minimum Gasteiger partial charge on any atom is -0.493 e. The van der Waals surface area contributed by atoms with Gasteiger partial charge in [0.05, 0.1) is 7.11 Å². The molecular weight excluding hydrogens is 440 g/mol. The average molecular weight is 473 g/mol. The van der Waals surface area contributed by atoms with E-state index in [4.69, 9.17) is 14.2 Å². The van der Waals surface area contributed by atoms with E-state index in [2.05, 4.69) is 52.8 Å². The number of ether oxygens (including phenoxy) is 3. The Balaban J connectivity index is 1.30. The fourth-order valence-electron chi connectivity index (χ4n) is 5.40. The lowest BCUT2D eigenvalue weighted by atomic mass is 9.97. The van der Waals surface area contributed by atoms with Crippen LogP contribution in [0.5, 0.6) is 17.2 Å². The van der Waals surface area contributed by atoms with Crippen molar-refractivity contribution in [1.29, 1.82) is 0 Å². The van der Waals surface area contributed by atoms with Gasteiger partial charge in [-0.15, -0.1) is 0 Å². The maximum Gasteiger partial charge on any atom is 0.254 e. The third-order valence-corrected chi connectivity index (χ3v) is 7.53. The quantitative estimate of drug-likeness (QED) is 0.509. The zero-order valence-corrected chi connectivity index (χ0v) is 20.5. The Hall–Kier alpha value is -3.25. The van der Waals surface area contributed by atoms with Crippen molar-refractivity contribution in [3.8, 4) is 17.2 Å². The molecule has 0 amide bonds.